The molecule has 0 spiro atoms. The second-order valence-electron chi connectivity index (χ2n) is 5.66. The molecule has 0 aliphatic heterocycles. The van der Waals surface area contributed by atoms with Crippen LogP contribution < -0.4 is 14.2 Å². The number of methoxy groups -OCH3 is 2. The van der Waals surface area contributed by atoms with E-state index in [1.54, 1.807) is 14.2 Å². The summed E-state index contributed by atoms with van der Waals surface area (Å²) < 4.78 is 16.2. The van der Waals surface area contributed by atoms with Crippen LogP contribution in [0.5, 0.6) is 17.2 Å². The van der Waals surface area contributed by atoms with Crippen LogP contribution in [0.3, 0.4) is 0 Å². The number of aliphatic hydroxyl groups excluding tert-OH is 1. The summed E-state index contributed by atoms with van der Waals surface area (Å²) in [6, 6.07) is 13.5. The Morgan fingerprint density at radius 2 is 1.79 bits per heavy atom. The fourth-order valence-corrected chi connectivity index (χ4v) is 2.54. The Labute approximate surface area is 144 Å². The standard InChI is InChI=1S/C20H26O4/c1-4-12-24-17-7-5-6-16(14-17)18(21)10-8-15-9-11-19(22-2)20(13-15)23-3/h5-7,9,11,13-14,18,21H,4,8,10,12H2,1-3H3/t18-/m1/s1. The highest BCUT2D eigenvalue weighted by Crippen LogP contribution is 2.29. The molecule has 0 heterocycles. The molecule has 0 aromatic heterocycles. The summed E-state index contributed by atoms with van der Waals surface area (Å²) in [5.41, 5.74) is 1.98. The molecule has 0 saturated heterocycles. The van der Waals surface area contributed by atoms with Gasteiger partial charge in [0, 0.05) is 0 Å². The van der Waals surface area contributed by atoms with Gasteiger partial charge in [0.15, 0.2) is 11.5 Å². The first-order valence-corrected chi connectivity index (χ1v) is 8.29. The number of rotatable bonds is 9. The van der Waals surface area contributed by atoms with Crippen LogP contribution in [0.1, 0.15) is 37.0 Å². The number of aliphatic hydroxyl groups is 1. The Morgan fingerprint density at radius 3 is 2.50 bits per heavy atom. The molecule has 2 aromatic rings. The molecule has 130 valence electrons. The van der Waals surface area contributed by atoms with E-state index in [1.807, 2.05) is 42.5 Å². The molecule has 0 aliphatic rings. The molecule has 0 amide bonds. The van der Waals surface area contributed by atoms with Gasteiger partial charge in [-0.15, -0.1) is 0 Å². The van der Waals surface area contributed by atoms with Crippen molar-refractivity contribution in [3.63, 3.8) is 0 Å². The van der Waals surface area contributed by atoms with Crippen LogP contribution in [0, 0.1) is 0 Å². The lowest BCUT2D eigenvalue weighted by Gasteiger charge is -2.14. The van der Waals surface area contributed by atoms with E-state index in [2.05, 4.69) is 6.92 Å². The lowest BCUT2D eigenvalue weighted by atomic mass is 10.0. The Kier molecular flexibility index (Phi) is 6.94. The maximum atomic E-state index is 10.4. The number of ether oxygens (including phenoxy) is 3. The van der Waals surface area contributed by atoms with Crippen molar-refractivity contribution in [3.8, 4) is 17.2 Å². The van der Waals surface area contributed by atoms with Crippen LogP contribution >= 0.6 is 0 Å². The normalized spacial score (nSPS) is 11.8. The SMILES string of the molecule is CCCOc1cccc([C@H](O)CCc2ccc(OC)c(OC)c2)c1. The Bertz CT molecular complexity index is 639. The van der Waals surface area contributed by atoms with Crippen LogP contribution in [0.4, 0.5) is 0 Å². The molecule has 1 N–H and O–H groups in total. The minimum absolute atomic E-state index is 0.525. The summed E-state index contributed by atoms with van der Waals surface area (Å²) in [5, 5.41) is 10.4. The highest BCUT2D eigenvalue weighted by molar-refractivity contribution is 5.43. The first kappa shape index (κ1) is 18.1. The van der Waals surface area contributed by atoms with Crippen LogP contribution in [0.25, 0.3) is 0 Å². The van der Waals surface area contributed by atoms with Gasteiger partial charge in [-0.1, -0.05) is 25.1 Å². The van der Waals surface area contributed by atoms with Crippen LogP contribution in [-0.2, 0) is 6.42 Å². The summed E-state index contributed by atoms with van der Waals surface area (Å²) in [7, 11) is 3.24. The molecule has 24 heavy (non-hydrogen) atoms. The second kappa shape index (κ2) is 9.18. The lowest BCUT2D eigenvalue weighted by molar-refractivity contribution is 0.167. The maximum Gasteiger partial charge on any atom is 0.160 e. The van der Waals surface area contributed by atoms with Crippen molar-refractivity contribution in [2.45, 2.75) is 32.3 Å². The number of aryl methyl sites for hydroxylation is 1. The smallest absolute Gasteiger partial charge is 0.160 e. The lowest BCUT2D eigenvalue weighted by Crippen LogP contribution is -2.02. The number of hydrogen-bond acceptors (Lipinski definition) is 4. The van der Waals surface area contributed by atoms with E-state index < -0.39 is 6.10 Å². The molecule has 0 fully saturated rings. The van der Waals surface area contributed by atoms with E-state index in [0.717, 1.165) is 29.7 Å². The molecule has 1 atom stereocenters. The van der Waals surface area contributed by atoms with E-state index in [1.165, 1.54) is 0 Å². The van der Waals surface area contributed by atoms with Crippen molar-refractivity contribution < 1.29 is 19.3 Å². The molecule has 0 radical (unpaired) electrons. The maximum absolute atomic E-state index is 10.4. The number of hydrogen-bond donors (Lipinski definition) is 1. The van der Waals surface area contributed by atoms with E-state index in [0.29, 0.717) is 24.5 Å². The molecule has 2 aromatic carbocycles. The summed E-state index contributed by atoms with van der Waals surface area (Å²) in [5.74, 6) is 2.22. The molecule has 4 heteroatoms. The molecule has 0 saturated carbocycles. The average molecular weight is 330 g/mol. The minimum Gasteiger partial charge on any atom is -0.494 e. The third kappa shape index (κ3) is 4.90. The van der Waals surface area contributed by atoms with Gasteiger partial charge in [0.05, 0.1) is 26.9 Å². The van der Waals surface area contributed by atoms with Gasteiger partial charge >= 0.3 is 0 Å². The van der Waals surface area contributed by atoms with E-state index >= 15 is 0 Å². The van der Waals surface area contributed by atoms with Gasteiger partial charge in [-0.3, -0.25) is 0 Å². The zero-order valence-electron chi connectivity index (χ0n) is 14.6. The summed E-state index contributed by atoms with van der Waals surface area (Å²) in [6.45, 7) is 2.76. The zero-order chi connectivity index (χ0) is 17.4. The van der Waals surface area contributed by atoms with Crippen LogP contribution in [0.15, 0.2) is 42.5 Å². The van der Waals surface area contributed by atoms with Crippen LogP contribution in [-0.4, -0.2) is 25.9 Å². The fraction of sp³-hybridized carbons (Fsp3) is 0.400. The van der Waals surface area contributed by atoms with Crippen molar-refractivity contribution in [1.29, 1.82) is 0 Å². The Morgan fingerprint density at radius 1 is 1.00 bits per heavy atom. The zero-order valence-corrected chi connectivity index (χ0v) is 14.6. The first-order valence-electron chi connectivity index (χ1n) is 8.29. The van der Waals surface area contributed by atoms with Gasteiger partial charge in [-0.05, 0) is 54.7 Å². The molecule has 0 unspecified atom stereocenters. The minimum atomic E-state index is -0.525. The molecular formula is C20H26O4. The van der Waals surface area contributed by atoms with Crippen molar-refractivity contribution >= 4 is 0 Å². The van der Waals surface area contributed by atoms with Gasteiger partial charge in [0.25, 0.3) is 0 Å². The summed E-state index contributed by atoms with van der Waals surface area (Å²) in [6.07, 6.45) is 1.82. The quantitative estimate of drug-likeness (QED) is 0.750. The molecule has 0 bridgehead atoms. The van der Waals surface area contributed by atoms with E-state index in [4.69, 9.17) is 14.2 Å². The third-order valence-electron chi connectivity index (χ3n) is 3.87. The summed E-state index contributed by atoms with van der Waals surface area (Å²) in [4.78, 5) is 0. The molecular weight excluding hydrogens is 304 g/mol. The van der Waals surface area contributed by atoms with Gasteiger partial charge in [-0.25, -0.2) is 0 Å². The third-order valence-corrected chi connectivity index (χ3v) is 3.87. The second-order valence-corrected chi connectivity index (χ2v) is 5.66. The molecule has 0 aliphatic carbocycles. The Balaban J connectivity index is 1.98. The van der Waals surface area contributed by atoms with Crippen molar-refractivity contribution in [2.24, 2.45) is 0 Å². The highest BCUT2D eigenvalue weighted by Gasteiger charge is 2.10. The molecule has 2 rings (SSSR count). The van der Waals surface area contributed by atoms with Crippen LogP contribution in [0.2, 0.25) is 0 Å². The number of benzene rings is 2. The monoisotopic (exact) mass is 330 g/mol. The van der Waals surface area contributed by atoms with Crippen molar-refractivity contribution in [2.75, 3.05) is 20.8 Å². The summed E-state index contributed by atoms with van der Waals surface area (Å²) >= 11 is 0. The van der Waals surface area contributed by atoms with E-state index in [-0.39, 0.29) is 0 Å². The van der Waals surface area contributed by atoms with Crippen molar-refractivity contribution in [1.82, 2.24) is 0 Å². The van der Waals surface area contributed by atoms with Crippen molar-refractivity contribution in [3.05, 3.63) is 53.6 Å². The van der Waals surface area contributed by atoms with Gasteiger partial charge in [-0.2, -0.15) is 0 Å². The predicted octanol–water partition coefficient (Wildman–Crippen LogP) is 4.16. The Hall–Kier alpha value is -2.20. The predicted molar refractivity (Wildman–Crippen MR) is 95.1 cm³/mol. The fourth-order valence-electron chi connectivity index (χ4n) is 2.54. The van der Waals surface area contributed by atoms with Gasteiger partial charge in [0.1, 0.15) is 5.75 Å². The average Bonchev–Trinajstić information content (AvgIpc) is 2.64. The first-order chi connectivity index (χ1) is 11.7. The topological polar surface area (TPSA) is 47.9 Å². The molecule has 4 nitrogen and oxygen atoms in total. The highest BCUT2D eigenvalue weighted by atomic mass is 16.5. The largest absolute Gasteiger partial charge is 0.494 e. The van der Waals surface area contributed by atoms with E-state index in [9.17, 15) is 5.11 Å². The van der Waals surface area contributed by atoms with Gasteiger partial charge < -0.3 is 19.3 Å². The van der Waals surface area contributed by atoms with Gasteiger partial charge in [0.2, 0.25) is 0 Å².